The maximum Gasteiger partial charge on any atom is 0.0945 e. The van der Waals surface area contributed by atoms with E-state index in [2.05, 4.69) is 34.3 Å². The molecule has 2 nitrogen and oxygen atoms in total. The van der Waals surface area contributed by atoms with Crippen molar-refractivity contribution >= 4 is 11.6 Å². The Hall–Kier alpha value is -0.500. The van der Waals surface area contributed by atoms with Crippen LogP contribution in [0.25, 0.3) is 0 Å². The highest BCUT2D eigenvalue weighted by molar-refractivity contribution is 6.15. The Morgan fingerprint density at radius 3 is 1.67 bits per heavy atom. The zero-order chi connectivity index (χ0) is 15.6. The minimum absolute atomic E-state index is 1.14. The van der Waals surface area contributed by atoms with Crippen LogP contribution in [0.5, 0.6) is 0 Å². The SMILES string of the molecule is CCCCCCCCCCCCCCn1ccnc1.CCl. The van der Waals surface area contributed by atoms with E-state index < -0.39 is 0 Å². The third-order valence-corrected chi connectivity index (χ3v) is 3.83. The fourth-order valence-electron chi connectivity index (χ4n) is 2.55. The van der Waals surface area contributed by atoms with Gasteiger partial charge in [0.05, 0.1) is 6.33 Å². The molecule has 0 saturated carbocycles. The largest absolute Gasteiger partial charge is 0.337 e. The molecule has 1 heterocycles. The van der Waals surface area contributed by atoms with E-state index >= 15 is 0 Å². The van der Waals surface area contributed by atoms with Crippen LogP contribution < -0.4 is 0 Å². The summed E-state index contributed by atoms with van der Waals surface area (Å²) >= 11 is 4.64. The molecule has 0 atom stereocenters. The Balaban J connectivity index is 0.00000191. The number of hydrogen-bond acceptors (Lipinski definition) is 1. The van der Waals surface area contributed by atoms with Gasteiger partial charge in [-0.2, -0.15) is 0 Å². The van der Waals surface area contributed by atoms with E-state index in [1.54, 1.807) is 0 Å². The molecule has 0 amide bonds. The van der Waals surface area contributed by atoms with Gasteiger partial charge in [0, 0.05) is 25.3 Å². The van der Waals surface area contributed by atoms with Crippen LogP contribution in [-0.2, 0) is 6.54 Å². The van der Waals surface area contributed by atoms with Crippen LogP contribution >= 0.6 is 11.6 Å². The fourth-order valence-corrected chi connectivity index (χ4v) is 2.55. The van der Waals surface area contributed by atoms with Gasteiger partial charge in [-0.15, -0.1) is 11.6 Å². The smallest absolute Gasteiger partial charge is 0.0945 e. The zero-order valence-electron chi connectivity index (χ0n) is 14.2. The molecule has 0 unspecified atom stereocenters. The molecular formula is C18H35ClN2. The highest BCUT2D eigenvalue weighted by Crippen LogP contribution is 2.12. The molecule has 0 N–H and O–H groups in total. The van der Waals surface area contributed by atoms with Crippen LogP contribution in [0.15, 0.2) is 18.7 Å². The normalized spacial score (nSPS) is 10.2. The predicted octanol–water partition coefficient (Wildman–Crippen LogP) is 6.44. The van der Waals surface area contributed by atoms with Crippen LogP contribution in [0.1, 0.15) is 84.0 Å². The molecule has 0 radical (unpaired) electrons. The van der Waals surface area contributed by atoms with Crippen LogP contribution in [0.2, 0.25) is 0 Å². The quantitative estimate of drug-likeness (QED) is 0.302. The van der Waals surface area contributed by atoms with Crippen LogP contribution in [0.3, 0.4) is 0 Å². The number of halogens is 1. The first kappa shape index (κ1) is 20.5. The summed E-state index contributed by atoms with van der Waals surface area (Å²) in [4.78, 5) is 4.06. The van der Waals surface area contributed by atoms with Gasteiger partial charge in [-0.1, -0.05) is 77.6 Å². The van der Waals surface area contributed by atoms with Crippen molar-refractivity contribution in [2.75, 3.05) is 6.38 Å². The van der Waals surface area contributed by atoms with Gasteiger partial charge in [-0.25, -0.2) is 4.98 Å². The van der Waals surface area contributed by atoms with Gasteiger partial charge in [0.15, 0.2) is 0 Å². The second kappa shape index (κ2) is 17.6. The summed E-state index contributed by atoms with van der Waals surface area (Å²) in [6.45, 7) is 3.42. The summed E-state index contributed by atoms with van der Waals surface area (Å²) in [5.74, 6) is 0. The molecule has 0 aliphatic rings. The van der Waals surface area contributed by atoms with E-state index in [0.29, 0.717) is 0 Å². The lowest BCUT2D eigenvalue weighted by atomic mass is 10.1. The Bertz CT molecular complexity index is 273. The Labute approximate surface area is 137 Å². The van der Waals surface area contributed by atoms with Crippen molar-refractivity contribution in [3.05, 3.63) is 18.7 Å². The maximum absolute atomic E-state index is 4.64. The van der Waals surface area contributed by atoms with Crippen LogP contribution in [-0.4, -0.2) is 15.9 Å². The van der Waals surface area contributed by atoms with E-state index in [1.807, 2.05) is 12.5 Å². The lowest BCUT2D eigenvalue weighted by molar-refractivity contribution is 0.528. The van der Waals surface area contributed by atoms with Crippen molar-refractivity contribution < 1.29 is 0 Å². The summed E-state index contributed by atoms with van der Waals surface area (Å²) < 4.78 is 2.18. The number of aromatic nitrogens is 2. The van der Waals surface area contributed by atoms with Crippen molar-refractivity contribution in [3.63, 3.8) is 0 Å². The standard InChI is InChI=1S/C17H32N2.CH3Cl/c1-2-3-4-5-6-7-8-9-10-11-12-13-15-19-16-14-18-17-19;1-2/h14,16-17H,2-13,15H2,1H3;1H3. The number of unbranched alkanes of at least 4 members (excludes halogenated alkanes) is 11. The van der Waals surface area contributed by atoms with Gasteiger partial charge in [0.1, 0.15) is 0 Å². The summed E-state index contributed by atoms with van der Waals surface area (Å²) in [5, 5.41) is 0. The predicted molar refractivity (Wildman–Crippen MR) is 95.1 cm³/mol. The molecule has 1 aromatic rings. The number of alkyl halides is 1. The summed E-state index contributed by atoms with van der Waals surface area (Å²) in [6.07, 6.45) is 24.3. The van der Waals surface area contributed by atoms with Gasteiger partial charge in [-0.05, 0) is 6.42 Å². The molecule has 1 aromatic heterocycles. The fraction of sp³-hybridized carbons (Fsp3) is 0.833. The molecule has 0 bridgehead atoms. The summed E-state index contributed by atoms with van der Waals surface area (Å²) in [7, 11) is 0. The third kappa shape index (κ3) is 14.2. The van der Waals surface area contributed by atoms with E-state index in [0.717, 1.165) is 6.54 Å². The molecule has 124 valence electrons. The van der Waals surface area contributed by atoms with Crippen LogP contribution in [0.4, 0.5) is 0 Å². The molecule has 0 saturated heterocycles. The number of hydrogen-bond donors (Lipinski definition) is 0. The van der Waals surface area contributed by atoms with Gasteiger partial charge in [-0.3, -0.25) is 0 Å². The molecule has 0 aliphatic heterocycles. The maximum atomic E-state index is 4.64. The van der Waals surface area contributed by atoms with Crippen LogP contribution in [0, 0.1) is 0 Å². The number of rotatable bonds is 13. The second-order valence-corrected chi connectivity index (χ2v) is 5.69. The Kier molecular flexibility index (Phi) is 17.1. The van der Waals surface area contributed by atoms with E-state index in [9.17, 15) is 0 Å². The van der Waals surface area contributed by atoms with Gasteiger partial charge in [0.2, 0.25) is 0 Å². The van der Waals surface area contributed by atoms with Gasteiger partial charge >= 0.3 is 0 Å². The lowest BCUT2D eigenvalue weighted by Crippen LogP contribution is -1.93. The third-order valence-electron chi connectivity index (χ3n) is 3.83. The highest BCUT2D eigenvalue weighted by atomic mass is 35.5. The Morgan fingerprint density at radius 2 is 1.24 bits per heavy atom. The molecule has 0 aromatic carbocycles. The van der Waals surface area contributed by atoms with E-state index in [-0.39, 0.29) is 0 Å². The number of imidazole rings is 1. The summed E-state index contributed by atoms with van der Waals surface area (Å²) in [5.41, 5.74) is 0. The molecule has 0 spiro atoms. The van der Waals surface area contributed by atoms with Crippen molar-refractivity contribution in [2.45, 2.75) is 90.5 Å². The van der Waals surface area contributed by atoms with E-state index in [1.165, 1.54) is 83.4 Å². The number of aryl methyl sites for hydroxylation is 1. The van der Waals surface area contributed by atoms with Crippen molar-refractivity contribution in [1.82, 2.24) is 9.55 Å². The second-order valence-electron chi connectivity index (χ2n) is 5.69. The van der Waals surface area contributed by atoms with Crippen molar-refractivity contribution in [1.29, 1.82) is 0 Å². The average Bonchev–Trinajstić information content (AvgIpc) is 3.04. The first-order chi connectivity index (χ1) is 10.4. The minimum Gasteiger partial charge on any atom is -0.337 e. The molecule has 1 rings (SSSR count). The lowest BCUT2D eigenvalue weighted by Gasteiger charge is -2.03. The van der Waals surface area contributed by atoms with Gasteiger partial charge in [0.25, 0.3) is 0 Å². The molecule has 3 heteroatoms. The van der Waals surface area contributed by atoms with Crippen molar-refractivity contribution in [2.24, 2.45) is 0 Å². The molecule has 0 aliphatic carbocycles. The monoisotopic (exact) mass is 314 g/mol. The molecule has 0 fully saturated rings. The Morgan fingerprint density at radius 1 is 0.762 bits per heavy atom. The molecular weight excluding hydrogens is 280 g/mol. The highest BCUT2D eigenvalue weighted by Gasteiger charge is 1.94. The summed E-state index contributed by atoms with van der Waals surface area (Å²) in [6, 6.07) is 0. The first-order valence-corrected chi connectivity index (χ1v) is 9.52. The minimum atomic E-state index is 1.14. The van der Waals surface area contributed by atoms with E-state index in [4.69, 9.17) is 0 Å². The zero-order valence-corrected chi connectivity index (χ0v) is 15.0. The number of nitrogens with zero attached hydrogens (tertiary/aromatic N) is 2. The molecule has 21 heavy (non-hydrogen) atoms. The average molecular weight is 315 g/mol. The van der Waals surface area contributed by atoms with Crippen molar-refractivity contribution in [3.8, 4) is 0 Å². The van der Waals surface area contributed by atoms with Gasteiger partial charge < -0.3 is 4.57 Å². The first-order valence-electron chi connectivity index (χ1n) is 8.77. The topological polar surface area (TPSA) is 17.8 Å².